The summed E-state index contributed by atoms with van der Waals surface area (Å²) in [6, 6.07) is 4.48. The molecule has 0 atom stereocenters. The lowest BCUT2D eigenvalue weighted by atomic mass is 10.1. The third-order valence-electron chi connectivity index (χ3n) is 3.04. The first kappa shape index (κ1) is 13.0. The van der Waals surface area contributed by atoms with Crippen LogP contribution in [0, 0.1) is 5.82 Å². The lowest BCUT2D eigenvalue weighted by Gasteiger charge is -2.35. The summed E-state index contributed by atoms with van der Waals surface area (Å²) in [5.41, 5.74) is 0.212. The molecule has 1 aromatic carbocycles. The Kier molecular flexibility index (Phi) is 3.15. The quantitative estimate of drug-likeness (QED) is 0.893. The van der Waals surface area contributed by atoms with Gasteiger partial charge in [-0.2, -0.15) is 0 Å². The van der Waals surface area contributed by atoms with Gasteiger partial charge in [-0.25, -0.2) is 9.07 Å². The van der Waals surface area contributed by atoms with Gasteiger partial charge in [-0.3, -0.25) is 4.79 Å². The van der Waals surface area contributed by atoms with E-state index < -0.39 is 11.9 Å². The van der Waals surface area contributed by atoms with Crippen molar-refractivity contribution in [3.63, 3.8) is 0 Å². The minimum Gasteiger partial charge on any atom is -0.389 e. The van der Waals surface area contributed by atoms with Crippen molar-refractivity contribution in [3.8, 4) is 5.69 Å². The molecule has 0 spiro atoms. The summed E-state index contributed by atoms with van der Waals surface area (Å²) in [5, 5.41) is 16.6. The Balaban J connectivity index is 1.87. The third-order valence-corrected chi connectivity index (χ3v) is 3.33. The number of carbonyl (C=O) groups excluding carboxylic acids is 1. The smallest absolute Gasteiger partial charge is 0.276 e. The number of halogens is 2. The SMILES string of the molecule is O=C(c1cn(-c2cccc(Cl)c2F)nn1)N1CC(O)C1. The molecule has 3 rings (SSSR count). The average molecular weight is 297 g/mol. The van der Waals surface area contributed by atoms with Crippen LogP contribution in [-0.4, -0.2) is 50.1 Å². The molecule has 0 saturated carbocycles. The minimum atomic E-state index is -0.627. The van der Waals surface area contributed by atoms with Crippen LogP contribution in [0.25, 0.3) is 5.69 Å². The first-order valence-electron chi connectivity index (χ1n) is 5.90. The number of amides is 1. The fourth-order valence-corrected chi connectivity index (χ4v) is 2.10. The largest absolute Gasteiger partial charge is 0.389 e. The fourth-order valence-electron chi connectivity index (χ4n) is 1.93. The molecular weight excluding hydrogens is 287 g/mol. The van der Waals surface area contributed by atoms with Crippen molar-refractivity contribution in [3.05, 3.63) is 40.9 Å². The summed E-state index contributed by atoms with van der Waals surface area (Å²) in [6.45, 7) is 0.550. The molecule has 1 amide bonds. The van der Waals surface area contributed by atoms with Crippen molar-refractivity contribution in [2.75, 3.05) is 13.1 Å². The highest BCUT2D eigenvalue weighted by atomic mass is 35.5. The molecule has 1 fully saturated rings. The number of likely N-dealkylation sites (tertiary alicyclic amines) is 1. The van der Waals surface area contributed by atoms with Gasteiger partial charge in [0.2, 0.25) is 0 Å². The van der Waals surface area contributed by atoms with E-state index in [9.17, 15) is 9.18 Å². The predicted molar refractivity (Wildman–Crippen MR) is 68.2 cm³/mol. The molecule has 0 bridgehead atoms. The second kappa shape index (κ2) is 4.84. The fraction of sp³-hybridized carbons (Fsp3) is 0.250. The Morgan fingerprint density at radius 2 is 2.20 bits per heavy atom. The molecule has 2 aromatic rings. The summed E-state index contributed by atoms with van der Waals surface area (Å²) in [7, 11) is 0. The monoisotopic (exact) mass is 296 g/mol. The van der Waals surface area contributed by atoms with E-state index in [0.717, 1.165) is 4.68 Å². The van der Waals surface area contributed by atoms with Crippen molar-refractivity contribution in [1.82, 2.24) is 19.9 Å². The van der Waals surface area contributed by atoms with Gasteiger partial charge in [0.25, 0.3) is 5.91 Å². The number of aliphatic hydroxyl groups is 1. The summed E-state index contributed by atoms with van der Waals surface area (Å²) < 4.78 is 15.0. The summed E-state index contributed by atoms with van der Waals surface area (Å²) in [6.07, 6.45) is 0.848. The maximum absolute atomic E-state index is 13.8. The second-order valence-electron chi connectivity index (χ2n) is 4.49. The Morgan fingerprint density at radius 1 is 1.45 bits per heavy atom. The summed E-state index contributed by atoms with van der Waals surface area (Å²) in [4.78, 5) is 13.4. The van der Waals surface area contributed by atoms with Gasteiger partial charge in [0.1, 0.15) is 5.69 Å². The Labute approximate surface area is 118 Å². The number of rotatable bonds is 2. The van der Waals surface area contributed by atoms with E-state index >= 15 is 0 Å². The maximum Gasteiger partial charge on any atom is 0.276 e. The van der Waals surface area contributed by atoms with Gasteiger partial charge in [0, 0.05) is 13.1 Å². The van der Waals surface area contributed by atoms with E-state index in [-0.39, 0.29) is 35.4 Å². The standard InChI is InChI=1S/C12H10ClFN4O2/c13-8-2-1-3-10(11(8)14)18-6-9(15-16-18)12(20)17-4-7(19)5-17/h1-3,6-7,19H,4-5H2. The van der Waals surface area contributed by atoms with Gasteiger partial charge < -0.3 is 10.0 Å². The highest BCUT2D eigenvalue weighted by molar-refractivity contribution is 6.30. The molecule has 0 unspecified atom stereocenters. The van der Waals surface area contributed by atoms with Gasteiger partial charge in [0.05, 0.1) is 17.3 Å². The Bertz CT molecular complexity index is 669. The molecule has 1 saturated heterocycles. The zero-order valence-electron chi connectivity index (χ0n) is 10.2. The van der Waals surface area contributed by atoms with Crippen molar-refractivity contribution >= 4 is 17.5 Å². The number of hydrogen-bond acceptors (Lipinski definition) is 4. The summed E-state index contributed by atoms with van der Waals surface area (Å²) >= 11 is 5.69. The van der Waals surface area contributed by atoms with E-state index in [1.807, 2.05) is 0 Å². The van der Waals surface area contributed by atoms with E-state index in [2.05, 4.69) is 10.3 Å². The number of nitrogens with zero attached hydrogens (tertiary/aromatic N) is 4. The third kappa shape index (κ3) is 2.14. The number of β-amino-alcohol motifs (C(OH)–C–C–N with tert-alkyl or cyclic N) is 1. The Morgan fingerprint density at radius 3 is 2.90 bits per heavy atom. The van der Waals surface area contributed by atoms with E-state index in [1.54, 1.807) is 6.07 Å². The zero-order chi connectivity index (χ0) is 14.3. The van der Waals surface area contributed by atoms with Gasteiger partial charge in [0.15, 0.2) is 11.5 Å². The molecule has 1 aliphatic heterocycles. The van der Waals surface area contributed by atoms with Crippen molar-refractivity contribution in [2.45, 2.75) is 6.10 Å². The summed E-state index contributed by atoms with van der Waals surface area (Å²) in [5.74, 6) is -0.971. The highest BCUT2D eigenvalue weighted by Gasteiger charge is 2.31. The van der Waals surface area contributed by atoms with Gasteiger partial charge in [-0.15, -0.1) is 5.10 Å². The van der Waals surface area contributed by atoms with E-state index in [0.29, 0.717) is 0 Å². The van der Waals surface area contributed by atoms with Gasteiger partial charge in [-0.05, 0) is 12.1 Å². The number of aliphatic hydroxyl groups excluding tert-OH is 1. The predicted octanol–water partition coefficient (Wildman–Crippen LogP) is 0.876. The van der Waals surface area contributed by atoms with Crippen LogP contribution >= 0.6 is 11.6 Å². The van der Waals surface area contributed by atoms with Crippen LogP contribution in [0.1, 0.15) is 10.5 Å². The molecule has 1 N–H and O–H groups in total. The maximum atomic E-state index is 13.8. The molecule has 1 aliphatic rings. The number of hydrogen-bond donors (Lipinski definition) is 1. The molecule has 0 radical (unpaired) electrons. The minimum absolute atomic E-state index is 0.0308. The van der Waals surface area contributed by atoms with Crippen molar-refractivity contribution in [1.29, 1.82) is 0 Å². The first-order valence-corrected chi connectivity index (χ1v) is 6.28. The van der Waals surface area contributed by atoms with E-state index in [4.69, 9.17) is 16.7 Å². The molecule has 20 heavy (non-hydrogen) atoms. The highest BCUT2D eigenvalue weighted by Crippen LogP contribution is 2.21. The lowest BCUT2D eigenvalue weighted by molar-refractivity contribution is 0.00549. The van der Waals surface area contributed by atoms with Crippen LogP contribution in [-0.2, 0) is 0 Å². The molecule has 1 aromatic heterocycles. The normalized spacial score (nSPS) is 15.2. The van der Waals surface area contributed by atoms with Crippen LogP contribution < -0.4 is 0 Å². The lowest BCUT2D eigenvalue weighted by Crippen LogP contribution is -2.53. The van der Waals surface area contributed by atoms with Gasteiger partial charge >= 0.3 is 0 Å². The first-order chi connectivity index (χ1) is 9.56. The molecular formula is C12H10ClFN4O2. The van der Waals surface area contributed by atoms with Crippen LogP contribution in [0.15, 0.2) is 24.4 Å². The Hall–Kier alpha value is -1.99. The van der Waals surface area contributed by atoms with Crippen LogP contribution in [0.4, 0.5) is 4.39 Å². The van der Waals surface area contributed by atoms with Crippen LogP contribution in [0.3, 0.4) is 0 Å². The molecule has 104 valence electrons. The van der Waals surface area contributed by atoms with Crippen LogP contribution in [0.2, 0.25) is 5.02 Å². The molecule has 2 heterocycles. The van der Waals surface area contributed by atoms with Crippen molar-refractivity contribution in [2.24, 2.45) is 0 Å². The zero-order valence-corrected chi connectivity index (χ0v) is 11.0. The average Bonchev–Trinajstić information content (AvgIpc) is 2.87. The van der Waals surface area contributed by atoms with E-state index in [1.165, 1.54) is 23.2 Å². The van der Waals surface area contributed by atoms with Crippen molar-refractivity contribution < 1.29 is 14.3 Å². The number of benzene rings is 1. The topological polar surface area (TPSA) is 71.2 Å². The van der Waals surface area contributed by atoms with Crippen LogP contribution in [0.5, 0.6) is 0 Å². The number of aromatic nitrogens is 3. The second-order valence-corrected chi connectivity index (χ2v) is 4.89. The molecule has 6 nitrogen and oxygen atoms in total. The molecule has 0 aliphatic carbocycles. The number of carbonyl (C=O) groups is 1. The molecule has 8 heteroatoms. The van der Waals surface area contributed by atoms with Gasteiger partial charge in [-0.1, -0.05) is 22.9 Å².